The molecule has 0 atom stereocenters. The number of nitrogens with one attached hydrogen (secondary N) is 1. The Hall–Kier alpha value is -3.35. The topological polar surface area (TPSA) is 58.1 Å². The van der Waals surface area contributed by atoms with Crippen molar-refractivity contribution in [2.45, 2.75) is 12.8 Å². The number of hydrogen-bond donors (Lipinski definition) is 1. The van der Waals surface area contributed by atoms with Gasteiger partial charge in [0.1, 0.15) is 23.1 Å². The summed E-state index contributed by atoms with van der Waals surface area (Å²) in [7, 11) is 0. The predicted octanol–water partition coefficient (Wildman–Crippen LogP) is 4.27. The number of rotatable bonds is 4. The highest BCUT2D eigenvalue weighted by Crippen LogP contribution is 2.24. The molecule has 0 saturated carbocycles. The molecular weight excluding hydrogens is 362 g/mol. The fraction of sp³-hybridized carbons (Fsp3) is 0.190. The highest BCUT2D eigenvalue weighted by Gasteiger charge is 2.20. The van der Waals surface area contributed by atoms with Crippen LogP contribution in [0.5, 0.6) is 0 Å². The maximum Gasteiger partial charge on any atom is 0.274 e. The largest absolute Gasteiger partial charge is 0.356 e. The molecule has 1 N–H and O–H groups in total. The van der Waals surface area contributed by atoms with Crippen LogP contribution in [0.15, 0.2) is 54.6 Å². The van der Waals surface area contributed by atoms with Gasteiger partial charge < -0.3 is 10.2 Å². The van der Waals surface area contributed by atoms with Gasteiger partial charge in [-0.15, -0.1) is 0 Å². The molecule has 4 rings (SSSR count). The van der Waals surface area contributed by atoms with E-state index in [4.69, 9.17) is 0 Å². The zero-order valence-electron chi connectivity index (χ0n) is 15.0. The van der Waals surface area contributed by atoms with Gasteiger partial charge in [-0.2, -0.15) is 0 Å². The van der Waals surface area contributed by atoms with Crippen LogP contribution in [0.25, 0.3) is 11.4 Å². The summed E-state index contributed by atoms with van der Waals surface area (Å²) in [4.78, 5) is 23.8. The lowest BCUT2D eigenvalue weighted by Crippen LogP contribution is -2.22. The molecule has 0 spiro atoms. The van der Waals surface area contributed by atoms with Gasteiger partial charge in [-0.3, -0.25) is 4.79 Å². The minimum Gasteiger partial charge on any atom is -0.356 e. The first kappa shape index (κ1) is 18.0. The molecule has 1 aromatic heterocycles. The first-order chi connectivity index (χ1) is 13.6. The predicted molar refractivity (Wildman–Crippen MR) is 103 cm³/mol. The molecule has 1 saturated heterocycles. The lowest BCUT2D eigenvalue weighted by Gasteiger charge is -2.18. The third-order valence-electron chi connectivity index (χ3n) is 4.59. The Morgan fingerprint density at radius 3 is 2.43 bits per heavy atom. The molecule has 2 heterocycles. The summed E-state index contributed by atoms with van der Waals surface area (Å²) >= 11 is 0. The second kappa shape index (κ2) is 7.72. The molecule has 0 unspecified atom stereocenters. The van der Waals surface area contributed by atoms with Crippen molar-refractivity contribution in [1.82, 2.24) is 9.97 Å². The van der Waals surface area contributed by atoms with Crippen molar-refractivity contribution in [3.63, 3.8) is 0 Å². The van der Waals surface area contributed by atoms with Crippen molar-refractivity contribution in [3.8, 4) is 11.4 Å². The van der Waals surface area contributed by atoms with Crippen molar-refractivity contribution < 1.29 is 13.6 Å². The number of carbonyl (C=O) groups is 1. The molecule has 3 aromatic rings. The average Bonchev–Trinajstić information content (AvgIpc) is 3.25. The van der Waals surface area contributed by atoms with E-state index in [1.165, 1.54) is 6.07 Å². The fourth-order valence-electron chi connectivity index (χ4n) is 3.15. The normalized spacial score (nSPS) is 13.6. The van der Waals surface area contributed by atoms with Gasteiger partial charge >= 0.3 is 0 Å². The van der Waals surface area contributed by atoms with E-state index < -0.39 is 17.5 Å². The molecule has 7 heteroatoms. The zero-order valence-corrected chi connectivity index (χ0v) is 15.0. The Labute approximate surface area is 161 Å². The van der Waals surface area contributed by atoms with E-state index >= 15 is 0 Å². The Morgan fingerprint density at radius 2 is 1.71 bits per heavy atom. The summed E-state index contributed by atoms with van der Waals surface area (Å²) in [6.07, 6.45) is 2.12. The van der Waals surface area contributed by atoms with Gasteiger partial charge in [0.05, 0.1) is 5.69 Å². The SMILES string of the molecule is O=C(Nc1ccc(F)cc1F)c1cc(N2CCCC2)nc(-c2ccccc2)n1. The Kier molecular flexibility index (Phi) is 4.97. The Morgan fingerprint density at radius 1 is 0.964 bits per heavy atom. The van der Waals surface area contributed by atoms with Crippen molar-refractivity contribution in [2.75, 3.05) is 23.3 Å². The molecule has 1 amide bonds. The number of anilines is 2. The van der Waals surface area contributed by atoms with E-state index in [1.54, 1.807) is 6.07 Å². The number of halogens is 2. The van der Waals surface area contributed by atoms with Gasteiger partial charge in [0.2, 0.25) is 0 Å². The van der Waals surface area contributed by atoms with E-state index in [0.29, 0.717) is 11.6 Å². The molecule has 142 valence electrons. The second-order valence-electron chi connectivity index (χ2n) is 6.57. The summed E-state index contributed by atoms with van der Waals surface area (Å²) in [5.41, 5.74) is 0.805. The third-order valence-corrected chi connectivity index (χ3v) is 4.59. The molecule has 1 aliphatic heterocycles. The standard InChI is InChI=1S/C21H18F2N4O/c22-15-8-9-17(16(23)12-15)25-21(28)18-13-19(27-10-4-5-11-27)26-20(24-18)14-6-2-1-3-7-14/h1-3,6-9,12-13H,4-5,10-11H2,(H,25,28). The van der Waals surface area contributed by atoms with Gasteiger partial charge in [0.25, 0.3) is 5.91 Å². The van der Waals surface area contributed by atoms with E-state index in [1.807, 2.05) is 30.3 Å². The molecule has 0 aliphatic carbocycles. The summed E-state index contributed by atoms with van der Waals surface area (Å²) in [5.74, 6) is -1.04. The first-order valence-electron chi connectivity index (χ1n) is 9.06. The molecule has 0 bridgehead atoms. The van der Waals surface area contributed by atoms with Gasteiger partial charge in [0, 0.05) is 30.8 Å². The van der Waals surface area contributed by atoms with E-state index in [-0.39, 0.29) is 11.4 Å². The Balaban J connectivity index is 1.70. The van der Waals surface area contributed by atoms with Crippen LogP contribution < -0.4 is 10.2 Å². The molecule has 1 aliphatic rings. The summed E-state index contributed by atoms with van der Waals surface area (Å²) in [6, 6.07) is 14.0. The lowest BCUT2D eigenvalue weighted by molar-refractivity contribution is 0.102. The van der Waals surface area contributed by atoms with Crippen molar-refractivity contribution >= 4 is 17.4 Å². The number of amides is 1. The molecule has 5 nitrogen and oxygen atoms in total. The van der Waals surface area contributed by atoms with Crippen molar-refractivity contribution in [2.24, 2.45) is 0 Å². The number of aromatic nitrogens is 2. The first-order valence-corrected chi connectivity index (χ1v) is 9.06. The van der Waals surface area contributed by atoms with Crippen molar-refractivity contribution in [3.05, 3.63) is 71.9 Å². The minimum atomic E-state index is -0.842. The van der Waals surface area contributed by atoms with Crippen LogP contribution in [-0.4, -0.2) is 29.0 Å². The maximum atomic E-state index is 13.9. The molecule has 2 aromatic carbocycles. The number of hydrogen-bond acceptors (Lipinski definition) is 4. The highest BCUT2D eigenvalue weighted by molar-refractivity contribution is 6.03. The van der Waals surface area contributed by atoms with Crippen LogP contribution in [0, 0.1) is 11.6 Å². The van der Waals surface area contributed by atoms with Gasteiger partial charge in [-0.05, 0) is 25.0 Å². The van der Waals surface area contributed by atoms with E-state index in [0.717, 1.165) is 43.6 Å². The van der Waals surface area contributed by atoms with Gasteiger partial charge in [-0.1, -0.05) is 30.3 Å². The number of benzene rings is 2. The summed E-state index contributed by atoms with van der Waals surface area (Å²) in [5, 5.41) is 2.46. The monoisotopic (exact) mass is 380 g/mol. The zero-order chi connectivity index (χ0) is 19.5. The van der Waals surface area contributed by atoms with Crippen LogP contribution in [0.1, 0.15) is 23.3 Å². The molecule has 28 heavy (non-hydrogen) atoms. The van der Waals surface area contributed by atoms with Gasteiger partial charge in [-0.25, -0.2) is 18.7 Å². The van der Waals surface area contributed by atoms with Gasteiger partial charge in [0.15, 0.2) is 5.82 Å². The van der Waals surface area contributed by atoms with Crippen LogP contribution in [0.3, 0.4) is 0 Å². The second-order valence-corrected chi connectivity index (χ2v) is 6.57. The van der Waals surface area contributed by atoms with E-state index in [9.17, 15) is 13.6 Å². The van der Waals surface area contributed by atoms with Crippen LogP contribution >= 0.6 is 0 Å². The van der Waals surface area contributed by atoms with E-state index in [2.05, 4.69) is 20.2 Å². The molecule has 0 radical (unpaired) electrons. The summed E-state index contributed by atoms with van der Waals surface area (Å²) < 4.78 is 27.0. The summed E-state index contributed by atoms with van der Waals surface area (Å²) in [6.45, 7) is 1.72. The van der Waals surface area contributed by atoms with Crippen LogP contribution in [-0.2, 0) is 0 Å². The molecule has 1 fully saturated rings. The minimum absolute atomic E-state index is 0.103. The smallest absolute Gasteiger partial charge is 0.274 e. The van der Waals surface area contributed by atoms with Crippen LogP contribution in [0.2, 0.25) is 0 Å². The Bertz CT molecular complexity index is 1000. The molecular formula is C21H18F2N4O. The fourth-order valence-corrected chi connectivity index (χ4v) is 3.15. The van der Waals surface area contributed by atoms with Crippen LogP contribution in [0.4, 0.5) is 20.3 Å². The number of carbonyl (C=O) groups excluding carboxylic acids is 1. The highest BCUT2D eigenvalue weighted by atomic mass is 19.1. The number of nitrogens with zero attached hydrogens (tertiary/aromatic N) is 3. The lowest BCUT2D eigenvalue weighted by atomic mass is 10.2. The third kappa shape index (κ3) is 3.83. The maximum absolute atomic E-state index is 13.9. The quantitative estimate of drug-likeness (QED) is 0.734. The van der Waals surface area contributed by atoms with Crippen molar-refractivity contribution in [1.29, 1.82) is 0 Å². The average molecular weight is 380 g/mol.